The molecule has 4 heteroatoms. The van der Waals surface area contributed by atoms with Gasteiger partial charge in [-0.15, -0.1) is 0 Å². The minimum atomic E-state index is 0.116. The lowest BCUT2D eigenvalue weighted by Crippen LogP contribution is -2.40. The van der Waals surface area contributed by atoms with Crippen LogP contribution in [0.1, 0.15) is 44.2 Å². The predicted octanol–water partition coefficient (Wildman–Crippen LogP) is 2.75. The molecule has 1 atom stereocenters. The summed E-state index contributed by atoms with van der Waals surface area (Å²) in [6.07, 6.45) is 4.34. The lowest BCUT2D eigenvalue weighted by molar-refractivity contribution is -0.121. The minimum Gasteiger partial charge on any atom is -0.497 e. The van der Waals surface area contributed by atoms with Crippen LogP contribution in [0.5, 0.6) is 5.75 Å². The average molecular weight is 290 g/mol. The van der Waals surface area contributed by atoms with E-state index in [1.54, 1.807) is 7.11 Å². The summed E-state index contributed by atoms with van der Waals surface area (Å²) < 4.78 is 5.23. The summed E-state index contributed by atoms with van der Waals surface area (Å²) in [5, 5.41) is 3.04. The number of piperidine rings is 1. The third-order valence-electron chi connectivity index (χ3n) is 4.15. The van der Waals surface area contributed by atoms with Crippen LogP contribution in [0.4, 0.5) is 0 Å². The van der Waals surface area contributed by atoms with Gasteiger partial charge in [0.2, 0.25) is 5.91 Å². The Morgan fingerprint density at radius 2 is 1.90 bits per heavy atom. The molecule has 0 aromatic heterocycles. The number of benzene rings is 1. The molecule has 0 spiro atoms. The minimum absolute atomic E-state index is 0.116. The van der Waals surface area contributed by atoms with E-state index < -0.39 is 0 Å². The van der Waals surface area contributed by atoms with Crippen LogP contribution < -0.4 is 10.1 Å². The third kappa shape index (κ3) is 4.46. The SMILES string of the molecule is CCC(=O)NCC(c1ccc(OC)cc1)N1CCCCC1. The fraction of sp³-hybridized carbons (Fsp3) is 0.588. The van der Waals surface area contributed by atoms with E-state index in [-0.39, 0.29) is 11.9 Å². The Bertz CT molecular complexity index is 439. The highest BCUT2D eigenvalue weighted by atomic mass is 16.5. The second-order valence-electron chi connectivity index (χ2n) is 5.54. The number of hydrogen-bond donors (Lipinski definition) is 1. The van der Waals surface area contributed by atoms with Gasteiger partial charge in [0.15, 0.2) is 0 Å². The average Bonchev–Trinajstić information content (AvgIpc) is 2.56. The normalized spacial score (nSPS) is 17.2. The van der Waals surface area contributed by atoms with Crippen molar-refractivity contribution in [2.45, 2.75) is 38.6 Å². The molecule has 0 radical (unpaired) electrons. The maximum atomic E-state index is 11.6. The maximum absolute atomic E-state index is 11.6. The van der Waals surface area contributed by atoms with Gasteiger partial charge < -0.3 is 10.1 Å². The number of amides is 1. The van der Waals surface area contributed by atoms with Crippen molar-refractivity contribution >= 4 is 5.91 Å². The van der Waals surface area contributed by atoms with Gasteiger partial charge in [-0.3, -0.25) is 9.69 Å². The number of ether oxygens (including phenoxy) is 1. The van der Waals surface area contributed by atoms with Crippen LogP contribution in [-0.2, 0) is 4.79 Å². The number of hydrogen-bond acceptors (Lipinski definition) is 3. The van der Waals surface area contributed by atoms with Gasteiger partial charge in [-0.2, -0.15) is 0 Å². The second-order valence-corrected chi connectivity index (χ2v) is 5.54. The van der Waals surface area contributed by atoms with Gasteiger partial charge in [0, 0.05) is 13.0 Å². The molecule has 0 saturated carbocycles. The lowest BCUT2D eigenvalue weighted by atomic mass is 10.0. The summed E-state index contributed by atoms with van der Waals surface area (Å²) in [5.74, 6) is 0.985. The second kappa shape index (κ2) is 8.03. The van der Waals surface area contributed by atoms with Crippen LogP contribution in [-0.4, -0.2) is 37.6 Å². The van der Waals surface area contributed by atoms with E-state index >= 15 is 0 Å². The Morgan fingerprint density at radius 3 is 2.48 bits per heavy atom. The van der Waals surface area contributed by atoms with Crippen LogP contribution >= 0.6 is 0 Å². The van der Waals surface area contributed by atoms with Crippen molar-refractivity contribution in [2.75, 3.05) is 26.7 Å². The Balaban J connectivity index is 2.10. The Labute approximate surface area is 127 Å². The van der Waals surface area contributed by atoms with Gasteiger partial charge in [0.05, 0.1) is 13.2 Å². The molecule has 1 aliphatic heterocycles. The predicted molar refractivity (Wildman–Crippen MR) is 84.5 cm³/mol. The van der Waals surface area contributed by atoms with Crippen LogP contribution in [0.15, 0.2) is 24.3 Å². The largest absolute Gasteiger partial charge is 0.497 e. The van der Waals surface area contributed by atoms with Gasteiger partial charge in [0.25, 0.3) is 0 Å². The topological polar surface area (TPSA) is 41.6 Å². The molecule has 1 amide bonds. The lowest BCUT2D eigenvalue weighted by Gasteiger charge is -2.35. The van der Waals surface area contributed by atoms with Gasteiger partial charge >= 0.3 is 0 Å². The van der Waals surface area contributed by atoms with E-state index in [2.05, 4.69) is 22.3 Å². The summed E-state index contributed by atoms with van der Waals surface area (Å²) in [6, 6.07) is 8.46. The molecule has 2 rings (SSSR count). The highest BCUT2D eigenvalue weighted by Crippen LogP contribution is 2.25. The molecule has 21 heavy (non-hydrogen) atoms. The molecule has 0 bridgehead atoms. The monoisotopic (exact) mass is 290 g/mol. The van der Waals surface area contributed by atoms with Gasteiger partial charge in [-0.05, 0) is 43.6 Å². The van der Waals surface area contributed by atoms with E-state index in [0.717, 1.165) is 18.8 Å². The molecule has 1 unspecified atom stereocenters. The Morgan fingerprint density at radius 1 is 1.24 bits per heavy atom. The van der Waals surface area contributed by atoms with Crippen LogP contribution in [0.3, 0.4) is 0 Å². The molecule has 1 heterocycles. The molecule has 4 nitrogen and oxygen atoms in total. The number of nitrogens with one attached hydrogen (secondary N) is 1. The van der Waals surface area contributed by atoms with Crippen LogP contribution in [0.25, 0.3) is 0 Å². The summed E-state index contributed by atoms with van der Waals surface area (Å²) >= 11 is 0. The fourth-order valence-electron chi connectivity index (χ4n) is 2.85. The highest BCUT2D eigenvalue weighted by Gasteiger charge is 2.22. The van der Waals surface area contributed by atoms with Gasteiger partial charge in [-0.25, -0.2) is 0 Å². The summed E-state index contributed by atoms with van der Waals surface area (Å²) in [6.45, 7) is 4.79. The zero-order valence-electron chi connectivity index (χ0n) is 13.1. The first-order valence-electron chi connectivity index (χ1n) is 7.89. The number of likely N-dealkylation sites (tertiary alicyclic amines) is 1. The quantitative estimate of drug-likeness (QED) is 0.876. The molecule has 1 aliphatic rings. The number of carbonyl (C=O) groups excluding carboxylic acids is 1. The molecule has 1 N–H and O–H groups in total. The molecule has 1 aromatic rings. The van der Waals surface area contributed by atoms with Crippen molar-refractivity contribution in [1.29, 1.82) is 0 Å². The Kier molecular flexibility index (Phi) is 6.05. The highest BCUT2D eigenvalue weighted by molar-refractivity contribution is 5.75. The number of methoxy groups -OCH3 is 1. The Hall–Kier alpha value is -1.55. The van der Waals surface area contributed by atoms with Crippen molar-refractivity contribution in [3.05, 3.63) is 29.8 Å². The molecule has 1 saturated heterocycles. The van der Waals surface area contributed by atoms with Crippen molar-refractivity contribution in [3.63, 3.8) is 0 Å². The van der Waals surface area contributed by atoms with Gasteiger partial charge in [-0.1, -0.05) is 25.5 Å². The molecule has 0 aliphatic carbocycles. The van der Waals surface area contributed by atoms with Crippen molar-refractivity contribution in [3.8, 4) is 5.75 Å². The van der Waals surface area contributed by atoms with E-state index in [0.29, 0.717) is 13.0 Å². The molecule has 1 aromatic carbocycles. The molecular formula is C17H26N2O2. The van der Waals surface area contributed by atoms with E-state index in [1.807, 2.05) is 19.1 Å². The summed E-state index contributed by atoms with van der Waals surface area (Å²) in [4.78, 5) is 14.1. The van der Waals surface area contributed by atoms with E-state index in [4.69, 9.17) is 4.74 Å². The third-order valence-corrected chi connectivity index (χ3v) is 4.15. The zero-order chi connectivity index (χ0) is 15.1. The van der Waals surface area contributed by atoms with Crippen LogP contribution in [0, 0.1) is 0 Å². The van der Waals surface area contributed by atoms with Crippen molar-refractivity contribution < 1.29 is 9.53 Å². The fourth-order valence-corrected chi connectivity index (χ4v) is 2.85. The number of nitrogens with zero attached hydrogens (tertiary/aromatic N) is 1. The van der Waals surface area contributed by atoms with E-state index in [9.17, 15) is 4.79 Å². The van der Waals surface area contributed by atoms with Crippen LogP contribution in [0.2, 0.25) is 0 Å². The first-order valence-corrected chi connectivity index (χ1v) is 7.89. The zero-order valence-corrected chi connectivity index (χ0v) is 13.1. The molecular weight excluding hydrogens is 264 g/mol. The summed E-state index contributed by atoms with van der Waals surface area (Å²) in [7, 11) is 1.68. The summed E-state index contributed by atoms with van der Waals surface area (Å²) in [5.41, 5.74) is 1.24. The van der Waals surface area contributed by atoms with Crippen molar-refractivity contribution in [1.82, 2.24) is 10.2 Å². The molecule has 1 fully saturated rings. The number of rotatable bonds is 6. The van der Waals surface area contributed by atoms with Crippen molar-refractivity contribution in [2.24, 2.45) is 0 Å². The standard InChI is InChI=1S/C17H26N2O2/c1-3-17(20)18-13-16(19-11-5-4-6-12-19)14-7-9-15(21-2)10-8-14/h7-10,16H,3-6,11-13H2,1-2H3,(H,18,20). The smallest absolute Gasteiger partial charge is 0.219 e. The number of carbonyl (C=O) groups is 1. The first kappa shape index (κ1) is 15.8. The maximum Gasteiger partial charge on any atom is 0.219 e. The molecule has 116 valence electrons. The van der Waals surface area contributed by atoms with E-state index in [1.165, 1.54) is 24.8 Å². The first-order chi connectivity index (χ1) is 10.2. The van der Waals surface area contributed by atoms with Gasteiger partial charge in [0.1, 0.15) is 5.75 Å².